The van der Waals surface area contributed by atoms with Gasteiger partial charge in [0.15, 0.2) is 5.79 Å². The summed E-state index contributed by atoms with van der Waals surface area (Å²) in [6.45, 7) is 16.9. The highest BCUT2D eigenvalue weighted by molar-refractivity contribution is 5.94. The van der Waals surface area contributed by atoms with Gasteiger partial charge < -0.3 is 33.7 Å². The van der Waals surface area contributed by atoms with Crippen molar-refractivity contribution in [1.82, 2.24) is 0 Å². The number of nitrogens with zero attached hydrogens (tertiary/aromatic N) is 3. The minimum Gasteiger partial charge on any atom is -0.422 e. The molecule has 9 heteroatoms. The Bertz CT molecular complexity index is 2930. The van der Waals surface area contributed by atoms with Crippen molar-refractivity contribution in [2.24, 2.45) is 0 Å². The summed E-state index contributed by atoms with van der Waals surface area (Å²) < 4.78 is 12.4. The summed E-state index contributed by atoms with van der Waals surface area (Å²) in [7, 11) is 0. The maximum atomic E-state index is 13.9. The SMILES string of the molecule is CC1(C)CCN2CCC(C)(C)c3c2c1cc1cc(-c2ccc(N(c4ccccc4)c4ccc(-c5cc6cc7c8c(c6oc5=O)C(O)(O)CCN8CCC7(C)C)cc4)cc2)c(=O)oc31. The molecule has 0 spiro atoms. The highest BCUT2D eigenvalue weighted by Crippen LogP contribution is 2.53. The van der Waals surface area contributed by atoms with Gasteiger partial charge in [-0.05, 0) is 118 Å². The quantitative estimate of drug-likeness (QED) is 0.129. The largest absolute Gasteiger partial charge is 0.422 e. The van der Waals surface area contributed by atoms with E-state index in [9.17, 15) is 19.8 Å². The number of hydrogen-bond acceptors (Lipinski definition) is 9. The molecule has 0 bridgehead atoms. The molecule has 9 nitrogen and oxygen atoms in total. The van der Waals surface area contributed by atoms with Gasteiger partial charge in [-0.15, -0.1) is 0 Å². The van der Waals surface area contributed by atoms with E-state index in [1.54, 1.807) is 0 Å². The summed E-state index contributed by atoms with van der Waals surface area (Å²) in [5.41, 5.74) is 10.6. The second kappa shape index (κ2) is 13.7. The number of rotatable bonds is 5. The zero-order valence-electron chi connectivity index (χ0n) is 36.8. The van der Waals surface area contributed by atoms with Gasteiger partial charge in [-0.3, -0.25) is 0 Å². The number of fused-ring (bicyclic) bond motifs is 4. The minimum atomic E-state index is -2.11. The third-order valence-corrected chi connectivity index (χ3v) is 14.8. The van der Waals surface area contributed by atoms with Crippen LogP contribution in [-0.2, 0) is 22.0 Å². The highest BCUT2D eigenvalue weighted by Gasteiger charge is 2.45. The molecule has 2 aromatic heterocycles. The van der Waals surface area contributed by atoms with Gasteiger partial charge in [0.05, 0.1) is 22.4 Å². The van der Waals surface area contributed by atoms with Gasteiger partial charge in [-0.25, -0.2) is 9.59 Å². The smallest absolute Gasteiger partial charge is 0.344 e. The Hall–Kier alpha value is -6.16. The lowest BCUT2D eigenvalue weighted by Crippen LogP contribution is -2.46. The van der Waals surface area contributed by atoms with Gasteiger partial charge in [-0.2, -0.15) is 0 Å². The minimum absolute atomic E-state index is 0.00526. The van der Waals surface area contributed by atoms with Crippen LogP contribution >= 0.6 is 0 Å². The van der Waals surface area contributed by atoms with Gasteiger partial charge in [0.1, 0.15) is 11.2 Å². The van der Waals surface area contributed by atoms with E-state index in [1.165, 1.54) is 11.3 Å². The van der Waals surface area contributed by atoms with Crippen LogP contribution in [-0.4, -0.2) is 36.4 Å². The van der Waals surface area contributed by atoms with Crippen molar-refractivity contribution in [2.45, 2.75) is 89.3 Å². The average Bonchev–Trinajstić information content (AvgIpc) is 3.25. The molecule has 7 aromatic rings. The van der Waals surface area contributed by atoms with Crippen molar-refractivity contribution in [3.05, 3.63) is 146 Å². The molecule has 0 radical (unpaired) electrons. The lowest BCUT2D eigenvalue weighted by atomic mass is 9.69. The molecule has 320 valence electrons. The molecule has 63 heavy (non-hydrogen) atoms. The molecule has 0 saturated carbocycles. The number of para-hydroxylation sites is 1. The molecule has 0 amide bonds. The summed E-state index contributed by atoms with van der Waals surface area (Å²) in [6, 6.07) is 34.1. The van der Waals surface area contributed by atoms with Crippen molar-refractivity contribution < 1.29 is 19.0 Å². The molecule has 4 aliphatic heterocycles. The average molecular weight is 840 g/mol. The van der Waals surface area contributed by atoms with Crippen molar-refractivity contribution in [1.29, 1.82) is 0 Å². The molecule has 0 aliphatic carbocycles. The van der Waals surface area contributed by atoms with E-state index in [4.69, 9.17) is 8.83 Å². The lowest BCUT2D eigenvalue weighted by Gasteiger charge is -2.48. The van der Waals surface area contributed by atoms with E-state index in [-0.39, 0.29) is 39.4 Å². The second-order valence-electron chi connectivity index (χ2n) is 20.2. The van der Waals surface area contributed by atoms with Gasteiger partial charge in [-0.1, -0.05) is 84.0 Å². The molecule has 0 atom stereocenters. The van der Waals surface area contributed by atoms with E-state index in [0.717, 1.165) is 83.7 Å². The Labute approximate surface area is 366 Å². The van der Waals surface area contributed by atoms with Crippen LogP contribution in [0.1, 0.15) is 89.5 Å². The fraction of sp³-hybridized carbons (Fsp3) is 0.333. The summed E-state index contributed by atoms with van der Waals surface area (Å²) in [6.07, 6.45) is 3.14. The van der Waals surface area contributed by atoms with Gasteiger partial charge in [0, 0.05) is 71.7 Å². The molecule has 2 N–H and O–H groups in total. The second-order valence-corrected chi connectivity index (χ2v) is 20.2. The molecular weight excluding hydrogens is 787 g/mol. The van der Waals surface area contributed by atoms with Crippen molar-refractivity contribution in [3.8, 4) is 22.3 Å². The first-order valence-electron chi connectivity index (χ1n) is 22.3. The summed E-state index contributed by atoms with van der Waals surface area (Å²) in [4.78, 5) is 34.6. The zero-order chi connectivity index (χ0) is 43.8. The van der Waals surface area contributed by atoms with Gasteiger partial charge in [0.25, 0.3) is 0 Å². The first-order chi connectivity index (χ1) is 30.0. The van der Waals surface area contributed by atoms with Crippen LogP contribution in [0.5, 0.6) is 0 Å². The molecule has 6 heterocycles. The molecule has 11 rings (SSSR count). The van der Waals surface area contributed by atoms with Crippen molar-refractivity contribution >= 4 is 50.4 Å². The number of anilines is 5. The Morgan fingerprint density at radius 1 is 0.508 bits per heavy atom. The predicted octanol–water partition coefficient (Wildman–Crippen LogP) is 10.9. The maximum Gasteiger partial charge on any atom is 0.344 e. The summed E-state index contributed by atoms with van der Waals surface area (Å²) in [5, 5.41) is 24.1. The van der Waals surface area contributed by atoms with E-state index < -0.39 is 11.4 Å². The summed E-state index contributed by atoms with van der Waals surface area (Å²) in [5.74, 6) is -2.11. The third kappa shape index (κ3) is 6.18. The Kier molecular flexibility index (Phi) is 8.61. The molecular formula is C54H53N3O6. The fourth-order valence-electron chi connectivity index (χ4n) is 10.9. The monoisotopic (exact) mass is 839 g/mol. The summed E-state index contributed by atoms with van der Waals surface area (Å²) >= 11 is 0. The van der Waals surface area contributed by atoms with Gasteiger partial charge in [0.2, 0.25) is 0 Å². The molecule has 0 unspecified atom stereocenters. The number of hydrogen-bond donors (Lipinski definition) is 2. The maximum absolute atomic E-state index is 13.9. The Morgan fingerprint density at radius 3 is 1.41 bits per heavy atom. The van der Waals surface area contributed by atoms with Crippen molar-refractivity contribution in [3.63, 3.8) is 0 Å². The van der Waals surface area contributed by atoms with E-state index in [2.05, 4.69) is 68.4 Å². The molecule has 0 saturated heterocycles. The number of aliphatic hydroxyl groups is 2. The van der Waals surface area contributed by atoms with Crippen LogP contribution in [0.25, 0.3) is 44.2 Å². The third-order valence-electron chi connectivity index (χ3n) is 14.8. The van der Waals surface area contributed by atoms with Crippen LogP contribution in [0.3, 0.4) is 0 Å². The lowest BCUT2D eigenvalue weighted by molar-refractivity contribution is -0.174. The first kappa shape index (κ1) is 39.7. The van der Waals surface area contributed by atoms with Crippen molar-refractivity contribution in [2.75, 3.05) is 40.9 Å². The van der Waals surface area contributed by atoms with E-state index in [1.807, 2.05) is 91.0 Å². The van der Waals surface area contributed by atoms with Gasteiger partial charge >= 0.3 is 11.3 Å². The number of benzene rings is 5. The van der Waals surface area contributed by atoms with Crippen LogP contribution in [0.15, 0.2) is 122 Å². The van der Waals surface area contributed by atoms with Crippen LogP contribution in [0.4, 0.5) is 28.4 Å². The normalized spacial score (nSPS) is 18.9. The predicted molar refractivity (Wildman–Crippen MR) is 252 cm³/mol. The van der Waals surface area contributed by atoms with Crippen LogP contribution < -0.4 is 26.0 Å². The first-order valence-corrected chi connectivity index (χ1v) is 22.3. The Balaban J connectivity index is 0.965. The molecule has 0 fully saturated rings. The molecule has 5 aromatic carbocycles. The topological polar surface area (TPSA) is 111 Å². The van der Waals surface area contributed by atoms with Crippen LogP contribution in [0, 0.1) is 0 Å². The highest BCUT2D eigenvalue weighted by atomic mass is 16.5. The zero-order valence-corrected chi connectivity index (χ0v) is 36.8. The standard InChI is InChI=1S/C54H53N3O6/c1-51(2)20-24-55-26-22-53(5,6)43-45(55)41(51)30-34-28-39(49(58)62-47(34)43)32-12-16-37(17-13-32)57(36-10-8-7-9-11-36)38-18-14-33(15-19-38)40-29-35-31-42-46-44(48(35)63-50(40)59)54(60,61)23-27-56(46)25-21-52(42,3)4/h7-19,28-31,60-61H,20-27H2,1-6H3. The fourth-order valence-corrected chi connectivity index (χ4v) is 10.9. The van der Waals surface area contributed by atoms with E-state index >= 15 is 0 Å². The molecule has 4 aliphatic rings. The van der Waals surface area contributed by atoms with Crippen LogP contribution in [0.2, 0.25) is 0 Å². The Morgan fingerprint density at radius 2 is 0.921 bits per heavy atom. The van der Waals surface area contributed by atoms with E-state index in [0.29, 0.717) is 34.2 Å².